The Morgan fingerprint density at radius 1 is 1.33 bits per heavy atom. The predicted molar refractivity (Wildman–Crippen MR) is 89.3 cm³/mol. The fourth-order valence-corrected chi connectivity index (χ4v) is 3.28. The second kappa shape index (κ2) is 8.50. The molecule has 0 bridgehead atoms. The summed E-state index contributed by atoms with van der Waals surface area (Å²) in [6.07, 6.45) is 8.87. The van der Waals surface area contributed by atoms with Crippen molar-refractivity contribution in [2.45, 2.75) is 58.5 Å². The minimum absolute atomic E-state index is 0.446. The van der Waals surface area contributed by atoms with Crippen LogP contribution >= 0.6 is 0 Å². The summed E-state index contributed by atoms with van der Waals surface area (Å²) in [5.74, 6) is 0.697. The molecule has 2 rings (SSSR count). The average Bonchev–Trinajstić information content (AvgIpc) is 2.49. The predicted octanol–water partition coefficient (Wildman–Crippen LogP) is 3.63. The van der Waals surface area contributed by atoms with E-state index >= 15 is 0 Å². The van der Waals surface area contributed by atoms with Gasteiger partial charge >= 0.3 is 0 Å². The van der Waals surface area contributed by atoms with Gasteiger partial charge in [0.05, 0.1) is 0 Å². The van der Waals surface area contributed by atoms with E-state index in [-0.39, 0.29) is 0 Å². The summed E-state index contributed by atoms with van der Waals surface area (Å²) < 4.78 is 0. The third kappa shape index (κ3) is 5.40. The fourth-order valence-electron chi connectivity index (χ4n) is 3.28. The normalized spacial score (nSPS) is 19.0. The van der Waals surface area contributed by atoms with E-state index in [0.717, 1.165) is 0 Å². The number of nitrogens with one attached hydrogen (secondary N) is 1. The SMILES string of the molecule is CCCN1CCC(N[C@@H](CC(C)C)c2cccnc2)CC1. The molecule has 1 fully saturated rings. The van der Waals surface area contributed by atoms with Gasteiger partial charge in [0.15, 0.2) is 0 Å². The molecule has 1 atom stereocenters. The Labute approximate surface area is 130 Å². The summed E-state index contributed by atoms with van der Waals surface area (Å²) in [4.78, 5) is 6.89. The number of aromatic nitrogens is 1. The lowest BCUT2D eigenvalue weighted by Crippen LogP contribution is -2.44. The van der Waals surface area contributed by atoms with E-state index in [2.05, 4.69) is 42.0 Å². The summed E-state index contributed by atoms with van der Waals surface area (Å²) in [5.41, 5.74) is 1.34. The average molecular weight is 289 g/mol. The van der Waals surface area contributed by atoms with Crippen LogP contribution in [-0.2, 0) is 0 Å². The van der Waals surface area contributed by atoms with Crippen LogP contribution in [0.1, 0.15) is 58.1 Å². The number of likely N-dealkylation sites (tertiary alicyclic amines) is 1. The quantitative estimate of drug-likeness (QED) is 0.831. The largest absolute Gasteiger partial charge is 0.307 e. The molecule has 1 aliphatic rings. The summed E-state index contributed by atoms with van der Waals surface area (Å²) in [5, 5.41) is 3.90. The zero-order chi connectivity index (χ0) is 15.1. The van der Waals surface area contributed by atoms with Crippen LogP contribution in [0.2, 0.25) is 0 Å². The van der Waals surface area contributed by atoms with Crippen LogP contribution in [0.25, 0.3) is 0 Å². The number of hydrogen-bond donors (Lipinski definition) is 1. The third-order valence-electron chi connectivity index (χ3n) is 4.36. The summed E-state index contributed by atoms with van der Waals surface area (Å²) in [7, 11) is 0. The number of nitrogens with zero attached hydrogens (tertiary/aromatic N) is 2. The highest BCUT2D eigenvalue weighted by molar-refractivity contribution is 5.14. The van der Waals surface area contributed by atoms with Crippen LogP contribution in [0, 0.1) is 5.92 Å². The van der Waals surface area contributed by atoms with Gasteiger partial charge in [0.1, 0.15) is 0 Å². The molecule has 3 nitrogen and oxygen atoms in total. The van der Waals surface area contributed by atoms with E-state index in [0.29, 0.717) is 18.0 Å². The molecule has 1 saturated heterocycles. The molecule has 1 aromatic rings. The molecule has 1 aliphatic heterocycles. The van der Waals surface area contributed by atoms with Gasteiger partial charge in [0.25, 0.3) is 0 Å². The number of hydrogen-bond acceptors (Lipinski definition) is 3. The second-order valence-corrected chi connectivity index (χ2v) is 6.75. The fraction of sp³-hybridized carbons (Fsp3) is 0.722. The Hall–Kier alpha value is -0.930. The van der Waals surface area contributed by atoms with Crippen LogP contribution in [0.4, 0.5) is 0 Å². The number of pyridine rings is 1. The van der Waals surface area contributed by atoms with Crippen LogP contribution in [0.3, 0.4) is 0 Å². The van der Waals surface area contributed by atoms with E-state index < -0.39 is 0 Å². The lowest BCUT2D eigenvalue weighted by Gasteiger charge is -2.35. The van der Waals surface area contributed by atoms with Crippen LogP contribution < -0.4 is 5.32 Å². The van der Waals surface area contributed by atoms with Crippen molar-refractivity contribution < 1.29 is 0 Å². The summed E-state index contributed by atoms with van der Waals surface area (Å²) >= 11 is 0. The van der Waals surface area contributed by atoms with Gasteiger partial charge in [-0.25, -0.2) is 0 Å². The molecule has 0 aliphatic carbocycles. The first-order chi connectivity index (χ1) is 10.2. The summed E-state index contributed by atoms with van der Waals surface area (Å²) in [6.45, 7) is 10.6. The minimum Gasteiger partial charge on any atom is -0.307 e. The monoisotopic (exact) mass is 289 g/mol. The van der Waals surface area contributed by atoms with Gasteiger partial charge in [-0.05, 0) is 62.9 Å². The van der Waals surface area contributed by atoms with Crippen molar-refractivity contribution >= 4 is 0 Å². The van der Waals surface area contributed by atoms with E-state index in [1.165, 1.54) is 50.9 Å². The molecule has 0 spiro atoms. The molecular weight excluding hydrogens is 258 g/mol. The summed E-state index contributed by atoms with van der Waals surface area (Å²) in [6, 6.07) is 5.36. The Bertz CT molecular complexity index is 383. The van der Waals surface area contributed by atoms with E-state index in [1.807, 2.05) is 18.5 Å². The molecule has 2 heterocycles. The smallest absolute Gasteiger partial charge is 0.0340 e. The number of rotatable bonds is 7. The van der Waals surface area contributed by atoms with Crippen molar-refractivity contribution in [2.24, 2.45) is 5.92 Å². The lowest BCUT2D eigenvalue weighted by molar-refractivity contribution is 0.187. The zero-order valence-corrected chi connectivity index (χ0v) is 13.9. The van der Waals surface area contributed by atoms with Crippen molar-refractivity contribution in [2.75, 3.05) is 19.6 Å². The van der Waals surface area contributed by atoms with Gasteiger partial charge < -0.3 is 10.2 Å². The Balaban J connectivity index is 1.91. The maximum absolute atomic E-state index is 4.29. The standard InChI is InChI=1S/C18H31N3/c1-4-10-21-11-7-17(8-12-21)20-18(13-15(2)3)16-6-5-9-19-14-16/h5-6,9,14-15,17-18,20H,4,7-8,10-13H2,1-3H3/t18-/m0/s1. The lowest BCUT2D eigenvalue weighted by atomic mass is 9.95. The Morgan fingerprint density at radius 2 is 2.10 bits per heavy atom. The molecule has 3 heteroatoms. The highest BCUT2D eigenvalue weighted by atomic mass is 15.1. The van der Waals surface area contributed by atoms with E-state index in [4.69, 9.17) is 0 Å². The molecule has 0 amide bonds. The molecule has 0 radical (unpaired) electrons. The number of piperidine rings is 1. The van der Waals surface area contributed by atoms with Gasteiger partial charge in [-0.3, -0.25) is 4.98 Å². The van der Waals surface area contributed by atoms with Gasteiger partial charge in [0.2, 0.25) is 0 Å². The topological polar surface area (TPSA) is 28.2 Å². The first-order valence-electron chi connectivity index (χ1n) is 8.57. The first-order valence-corrected chi connectivity index (χ1v) is 8.57. The van der Waals surface area contributed by atoms with Crippen molar-refractivity contribution in [3.8, 4) is 0 Å². The maximum atomic E-state index is 4.29. The van der Waals surface area contributed by atoms with Crippen LogP contribution in [-0.4, -0.2) is 35.6 Å². The molecule has 0 unspecified atom stereocenters. The van der Waals surface area contributed by atoms with E-state index in [1.54, 1.807) is 0 Å². The molecular formula is C18H31N3. The van der Waals surface area contributed by atoms with Gasteiger partial charge in [-0.1, -0.05) is 26.8 Å². The van der Waals surface area contributed by atoms with Crippen LogP contribution in [0.15, 0.2) is 24.5 Å². The minimum atomic E-state index is 0.446. The molecule has 1 aromatic heterocycles. The Morgan fingerprint density at radius 3 is 2.67 bits per heavy atom. The van der Waals surface area contributed by atoms with Gasteiger partial charge in [-0.15, -0.1) is 0 Å². The van der Waals surface area contributed by atoms with E-state index in [9.17, 15) is 0 Å². The van der Waals surface area contributed by atoms with Gasteiger partial charge in [0, 0.05) is 24.5 Å². The van der Waals surface area contributed by atoms with Crippen LogP contribution in [0.5, 0.6) is 0 Å². The maximum Gasteiger partial charge on any atom is 0.0340 e. The first kappa shape index (κ1) is 16.4. The van der Waals surface area contributed by atoms with Crippen molar-refractivity contribution in [3.05, 3.63) is 30.1 Å². The molecule has 1 N–H and O–H groups in total. The van der Waals surface area contributed by atoms with Gasteiger partial charge in [-0.2, -0.15) is 0 Å². The highest BCUT2D eigenvalue weighted by Gasteiger charge is 2.22. The third-order valence-corrected chi connectivity index (χ3v) is 4.36. The van der Waals surface area contributed by atoms with Crippen molar-refractivity contribution in [1.29, 1.82) is 0 Å². The molecule has 118 valence electrons. The highest BCUT2D eigenvalue weighted by Crippen LogP contribution is 2.23. The molecule has 0 saturated carbocycles. The Kier molecular flexibility index (Phi) is 6.65. The molecule has 21 heavy (non-hydrogen) atoms. The zero-order valence-electron chi connectivity index (χ0n) is 13.9. The van der Waals surface area contributed by atoms with Crippen molar-refractivity contribution in [3.63, 3.8) is 0 Å². The molecule has 0 aromatic carbocycles. The van der Waals surface area contributed by atoms with Crippen molar-refractivity contribution in [1.82, 2.24) is 15.2 Å². The second-order valence-electron chi connectivity index (χ2n) is 6.75.